The van der Waals surface area contributed by atoms with Crippen LogP contribution in [0.2, 0.25) is 5.02 Å². The largest absolute Gasteiger partial charge is 0.366 e. The monoisotopic (exact) mass is 432 g/mol. The maximum atomic E-state index is 13.1. The predicted octanol–water partition coefficient (Wildman–Crippen LogP) is 3.45. The van der Waals surface area contributed by atoms with Gasteiger partial charge in [0.15, 0.2) is 5.69 Å². The lowest BCUT2D eigenvalue weighted by Gasteiger charge is -2.12. The van der Waals surface area contributed by atoms with Crippen molar-refractivity contribution in [1.29, 1.82) is 0 Å². The summed E-state index contributed by atoms with van der Waals surface area (Å²) in [6.07, 6.45) is 0. The lowest BCUT2D eigenvalue weighted by Crippen LogP contribution is -2.28. The molecule has 0 unspecified atom stereocenters. The quantitative estimate of drug-likeness (QED) is 0.503. The minimum absolute atomic E-state index is 0.0984. The number of hydrogen-bond donors (Lipinski definition) is 2. The van der Waals surface area contributed by atoms with Crippen LogP contribution in [0.25, 0.3) is 10.8 Å². The van der Waals surface area contributed by atoms with E-state index >= 15 is 0 Å². The number of carbonyl (C=O) groups is 2. The second-order valence-electron chi connectivity index (χ2n) is 6.86. The number of primary amides is 1. The summed E-state index contributed by atoms with van der Waals surface area (Å²) in [5.74, 6) is -1.18. The average molecular weight is 433 g/mol. The maximum absolute atomic E-state index is 13.1. The third-order valence-electron chi connectivity index (χ3n) is 4.75. The van der Waals surface area contributed by atoms with Gasteiger partial charge < -0.3 is 11.1 Å². The van der Waals surface area contributed by atoms with Gasteiger partial charge in [0.05, 0.1) is 22.5 Å². The Morgan fingerprint density at radius 2 is 1.65 bits per heavy atom. The molecule has 0 radical (unpaired) electrons. The summed E-state index contributed by atoms with van der Waals surface area (Å²) in [4.78, 5) is 37.3. The summed E-state index contributed by atoms with van der Waals surface area (Å²) < 4.78 is 1.27. The van der Waals surface area contributed by atoms with E-state index in [0.29, 0.717) is 16.5 Å². The van der Waals surface area contributed by atoms with Crippen molar-refractivity contribution in [3.05, 3.63) is 105 Å². The zero-order chi connectivity index (χ0) is 22.0. The summed E-state index contributed by atoms with van der Waals surface area (Å²) in [7, 11) is 0. The van der Waals surface area contributed by atoms with Crippen LogP contribution in [0.4, 0.5) is 5.69 Å². The van der Waals surface area contributed by atoms with Crippen LogP contribution in [0, 0.1) is 0 Å². The molecule has 0 aliphatic rings. The molecule has 4 aromatic rings. The number of nitrogens with two attached hydrogens (primary N) is 1. The second-order valence-corrected chi connectivity index (χ2v) is 7.26. The van der Waals surface area contributed by atoms with Crippen LogP contribution in [0.1, 0.15) is 26.4 Å². The predicted molar refractivity (Wildman–Crippen MR) is 119 cm³/mol. The van der Waals surface area contributed by atoms with E-state index in [1.165, 1.54) is 22.9 Å². The van der Waals surface area contributed by atoms with Crippen molar-refractivity contribution in [2.75, 3.05) is 5.32 Å². The Labute approximate surface area is 182 Å². The third kappa shape index (κ3) is 4.17. The van der Waals surface area contributed by atoms with Gasteiger partial charge in [-0.05, 0) is 29.8 Å². The van der Waals surface area contributed by atoms with Crippen LogP contribution < -0.4 is 16.6 Å². The van der Waals surface area contributed by atoms with E-state index in [2.05, 4.69) is 10.4 Å². The van der Waals surface area contributed by atoms with Crippen LogP contribution in [-0.2, 0) is 6.54 Å². The van der Waals surface area contributed by atoms with Crippen LogP contribution in [0.3, 0.4) is 0 Å². The molecule has 0 fully saturated rings. The van der Waals surface area contributed by atoms with Gasteiger partial charge in [-0.15, -0.1) is 0 Å². The standard InChI is InChI=1S/C23H17ClN4O3/c24-19-12-15(10-11-18(19)21(25)29)26-22(30)20-16-8-4-5-9-17(16)23(31)28(27-20)13-14-6-2-1-3-7-14/h1-12H,13H2,(H2,25,29)(H,26,30). The van der Waals surface area contributed by atoms with Crippen molar-refractivity contribution in [1.82, 2.24) is 9.78 Å². The normalized spacial score (nSPS) is 10.7. The van der Waals surface area contributed by atoms with E-state index in [-0.39, 0.29) is 28.4 Å². The smallest absolute Gasteiger partial charge is 0.276 e. The lowest BCUT2D eigenvalue weighted by molar-refractivity contribution is 0.0998. The first-order chi connectivity index (χ1) is 14.9. The van der Waals surface area contributed by atoms with Gasteiger partial charge in [0, 0.05) is 11.1 Å². The van der Waals surface area contributed by atoms with Gasteiger partial charge in [0.2, 0.25) is 5.91 Å². The first kappa shape index (κ1) is 20.3. The highest BCUT2D eigenvalue weighted by Crippen LogP contribution is 2.22. The van der Waals surface area contributed by atoms with Gasteiger partial charge in [0.1, 0.15) is 0 Å². The number of carbonyl (C=O) groups excluding carboxylic acids is 2. The van der Waals surface area contributed by atoms with Crippen molar-refractivity contribution in [3.63, 3.8) is 0 Å². The molecule has 4 rings (SSSR count). The Morgan fingerprint density at radius 1 is 0.968 bits per heavy atom. The number of aromatic nitrogens is 2. The van der Waals surface area contributed by atoms with Crippen LogP contribution in [0.5, 0.6) is 0 Å². The molecule has 0 atom stereocenters. The molecule has 1 aromatic heterocycles. The molecular weight excluding hydrogens is 416 g/mol. The van der Waals surface area contributed by atoms with E-state index in [1.54, 1.807) is 24.3 Å². The van der Waals surface area contributed by atoms with Gasteiger partial charge in [-0.2, -0.15) is 5.10 Å². The number of halogens is 1. The van der Waals surface area contributed by atoms with E-state index < -0.39 is 11.8 Å². The fourth-order valence-electron chi connectivity index (χ4n) is 3.25. The topological polar surface area (TPSA) is 107 Å². The summed E-state index contributed by atoms with van der Waals surface area (Å²) in [6.45, 7) is 0.226. The SMILES string of the molecule is NC(=O)c1ccc(NC(=O)c2nn(Cc3ccccc3)c(=O)c3ccccc23)cc1Cl. The number of hydrogen-bond acceptors (Lipinski definition) is 4. The number of anilines is 1. The first-order valence-electron chi connectivity index (χ1n) is 9.38. The summed E-state index contributed by atoms with van der Waals surface area (Å²) in [6, 6.07) is 20.6. The summed E-state index contributed by atoms with van der Waals surface area (Å²) in [5.41, 5.74) is 6.47. The average Bonchev–Trinajstić information content (AvgIpc) is 2.76. The molecule has 154 valence electrons. The molecule has 3 aromatic carbocycles. The van der Waals surface area contributed by atoms with Crippen molar-refractivity contribution < 1.29 is 9.59 Å². The Balaban J connectivity index is 1.75. The van der Waals surface area contributed by atoms with E-state index in [4.69, 9.17) is 17.3 Å². The minimum Gasteiger partial charge on any atom is -0.366 e. The molecule has 0 saturated heterocycles. The number of amides is 2. The molecule has 0 bridgehead atoms. The third-order valence-corrected chi connectivity index (χ3v) is 5.06. The molecule has 1 heterocycles. The second kappa shape index (κ2) is 8.41. The zero-order valence-corrected chi connectivity index (χ0v) is 17.0. The number of rotatable bonds is 5. The first-order valence-corrected chi connectivity index (χ1v) is 9.76. The van der Waals surface area contributed by atoms with Crippen LogP contribution in [-0.4, -0.2) is 21.6 Å². The van der Waals surface area contributed by atoms with Gasteiger partial charge in [-0.1, -0.05) is 60.1 Å². The van der Waals surface area contributed by atoms with Crippen LogP contribution in [0.15, 0.2) is 77.6 Å². The molecule has 2 amide bonds. The molecular formula is C23H17ClN4O3. The maximum Gasteiger partial charge on any atom is 0.276 e. The highest BCUT2D eigenvalue weighted by atomic mass is 35.5. The van der Waals surface area contributed by atoms with Gasteiger partial charge in [-0.25, -0.2) is 4.68 Å². The van der Waals surface area contributed by atoms with E-state index in [1.807, 2.05) is 30.3 Å². The summed E-state index contributed by atoms with van der Waals surface area (Å²) in [5, 5.41) is 8.01. The van der Waals surface area contributed by atoms with Gasteiger partial charge in [-0.3, -0.25) is 14.4 Å². The highest BCUT2D eigenvalue weighted by Gasteiger charge is 2.18. The van der Waals surface area contributed by atoms with Crippen molar-refractivity contribution in [2.24, 2.45) is 5.73 Å². The molecule has 3 N–H and O–H groups in total. The fourth-order valence-corrected chi connectivity index (χ4v) is 3.52. The Kier molecular flexibility index (Phi) is 5.51. The van der Waals surface area contributed by atoms with Crippen molar-refractivity contribution in [2.45, 2.75) is 6.54 Å². The summed E-state index contributed by atoms with van der Waals surface area (Å²) >= 11 is 6.07. The molecule has 0 saturated carbocycles. The molecule has 0 aliphatic heterocycles. The zero-order valence-electron chi connectivity index (χ0n) is 16.2. The lowest BCUT2D eigenvalue weighted by atomic mass is 10.1. The number of fused-ring (bicyclic) bond motifs is 1. The highest BCUT2D eigenvalue weighted by molar-refractivity contribution is 6.34. The molecule has 0 aliphatic carbocycles. The van der Waals surface area contributed by atoms with Gasteiger partial charge >= 0.3 is 0 Å². The minimum atomic E-state index is -0.663. The molecule has 0 spiro atoms. The van der Waals surface area contributed by atoms with E-state index in [9.17, 15) is 14.4 Å². The van der Waals surface area contributed by atoms with E-state index in [0.717, 1.165) is 5.56 Å². The van der Waals surface area contributed by atoms with Crippen molar-refractivity contribution in [3.8, 4) is 0 Å². The Morgan fingerprint density at radius 3 is 2.32 bits per heavy atom. The number of benzene rings is 3. The van der Waals surface area contributed by atoms with Crippen molar-refractivity contribution >= 4 is 39.9 Å². The molecule has 31 heavy (non-hydrogen) atoms. The molecule has 7 nitrogen and oxygen atoms in total. The Hall–Kier alpha value is -3.97. The number of nitrogens with zero attached hydrogens (tertiary/aromatic N) is 2. The Bertz CT molecular complexity index is 1370. The fraction of sp³-hybridized carbons (Fsp3) is 0.0435. The van der Waals surface area contributed by atoms with Gasteiger partial charge in [0.25, 0.3) is 11.5 Å². The molecule has 8 heteroatoms. The van der Waals surface area contributed by atoms with Crippen LogP contribution >= 0.6 is 11.6 Å². The number of nitrogens with one attached hydrogen (secondary N) is 1.